The summed E-state index contributed by atoms with van der Waals surface area (Å²) in [5.74, 6) is -0.229. The molecule has 8 N–H and O–H groups in total. The highest BCUT2D eigenvalue weighted by Gasteiger charge is 2.17. The minimum absolute atomic E-state index is 0.00842. The number of fused-ring (bicyclic) bond motifs is 1. The molecule has 8 heteroatoms. The zero-order valence-corrected chi connectivity index (χ0v) is 13.4. The number of hydrogen-bond acceptors (Lipinski definition) is 6. The molecule has 0 spiro atoms. The predicted molar refractivity (Wildman–Crippen MR) is 93.9 cm³/mol. The number of anilines is 1. The first-order valence-electron chi connectivity index (χ1n) is 7.49. The van der Waals surface area contributed by atoms with E-state index in [9.17, 15) is 9.59 Å². The van der Waals surface area contributed by atoms with Gasteiger partial charge in [0.05, 0.1) is 6.04 Å². The van der Waals surface area contributed by atoms with Gasteiger partial charge in [-0.05, 0) is 31.4 Å². The van der Waals surface area contributed by atoms with Gasteiger partial charge in [0.1, 0.15) is 11.3 Å². The molecule has 0 amide bonds. The molecule has 0 saturated heterocycles. The number of benzene rings is 1. The fourth-order valence-electron chi connectivity index (χ4n) is 2.39. The van der Waals surface area contributed by atoms with Crippen molar-refractivity contribution in [3.8, 4) is 0 Å². The molecule has 0 saturated carbocycles. The number of Topliss-reactive ketones (excluding diaryl/α,β-unsaturated/α-hetero) is 1. The van der Waals surface area contributed by atoms with Gasteiger partial charge < -0.3 is 27.4 Å². The second-order valence-electron chi connectivity index (χ2n) is 5.56. The molecule has 2 aromatic rings. The Morgan fingerprint density at radius 3 is 2.71 bits per heavy atom. The molecule has 2 rings (SSSR count). The lowest BCUT2D eigenvalue weighted by molar-refractivity contribution is 0.0956. The lowest BCUT2D eigenvalue weighted by Crippen LogP contribution is -2.31. The number of nitrogens with zero attached hydrogens (tertiary/aromatic N) is 1. The van der Waals surface area contributed by atoms with E-state index < -0.39 is 11.7 Å². The van der Waals surface area contributed by atoms with Crippen molar-refractivity contribution in [3.05, 3.63) is 39.7 Å². The van der Waals surface area contributed by atoms with Crippen LogP contribution in [0.4, 0.5) is 5.69 Å². The molecule has 0 bridgehead atoms. The van der Waals surface area contributed by atoms with Crippen LogP contribution in [0.1, 0.15) is 28.8 Å². The second kappa shape index (κ2) is 7.14. The standard InChI is InChI=1S/C16H21N5O3/c1-8-10-5-4-9(7-12(10)24-15(23)13(8)18)14(22)11(17)3-2-6-21-16(19)20/h4-5,7,11H,2-3,6,17-18H2,1H3,(H4,19,20,21)/t11-/m0/s1. The lowest BCUT2D eigenvalue weighted by Gasteiger charge is -2.11. The van der Waals surface area contributed by atoms with Crippen LogP contribution < -0.4 is 28.6 Å². The van der Waals surface area contributed by atoms with Gasteiger partial charge in [0.15, 0.2) is 11.7 Å². The van der Waals surface area contributed by atoms with Crippen LogP contribution in [0.25, 0.3) is 11.0 Å². The third-order valence-electron chi connectivity index (χ3n) is 3.80. The number of guanidine groups is 1. The first kappa shape index (κ1) is 17.5. The molecule has 1 aromatic heterocycles. The predicted octanol–water partition coefficient (Wildman–Crippen LogP) is 0.247. The zero-order valence-electron chi connectivity index (χ0n) is 13.4. The Bertz CT molecular complexity index is 853. The summed E-state index contributed by atoms with van der Waals surface area (Å²) < 4.78 is 5.15. The molecule has 0 aliphatic rings. The van der Waals surface area contributed by atoms with Gasteiger partial charge in [-0.15, -0.1) is 0 Å². The number of rotatable bonds is 6. The van der Waals surface area contributed by atoms with E-state index in [4.69, 9.17) is 27.4 Å². The summed E-state index contributed by atoms with van der Waals surface area (Å²) in [5.41, 5.74) is 22.8. The number of carbonyl (C=O) groups excluding carboxylic acids is 1. The molecule has 0 radical (unpaired) electrons. The van der Waals surface area contributed by atoms with E-state index >= 15 is 0 Å². The SMILES string of the molecule is Cc1c(N)c(=O)oc2cc(C(=O)[C@@H](N)CCCN=C(N)N)ccc12. The fraction of sp³-hybridized carbons (Fsp3) is 0.312. The van der Waals surface area contributed by atoms with Crippen molar-refractivity contribution in [1.29, 1.82) is 0 Å². The second-order valence-corrected chi connectivity index (χ2v) is 5.56. The van der Waals surface area contributed by atoms with Crippen LogP contribution in [0.3, 0.4) is 0 Å². The van der Waals surface area contributed by atoms with Crippen LogP contribution in [0.15, 0.2) is 32.4 Å². The number of nitrogens with two attached hydrogens (primary N) is 4. The first-order chi connectivity index (χ1) is 11.3. The number of aryl methyl sites for hydroxylation is 1. The molecule has 1 aromatic carbocycles. The molecule has 8 nitrogen and oxygen atoms in total. The van der Waals surface area contributed by atoms with Gasteiger partial charge in [0, 0.05) is 17.5 Å². The van der Waals surface area contributed by atoms with Gasteiger partial charge in [-0.25, -0.2) is 4.79 Å². The highest BCUT2D eigenvalue weighted by Crippen LogP contribution is 2.22. The van der Waals surface area contributed by atoms with Gasteiger partial charge in [-0.2, -0.15) is 0 Å². The van der Waals surface area contributed by atoms with E-state index in [2.05, 4.69) is 4.99 Å². The zero-order chi connectivity index (χ0) is 17.9. The van der Waals surface area contributed by atoms with E-state index in [-0.39, 0.29) is 17.4 Å². The Kier molecular flexibility index (Phi) is 5.20. The first-order valence-corrected chi connectivity index (χ1v) is 7.49. The Balaban J connectivity index is 2.19. The maximum absolute atomic E-state index is 12.4. The van der Waals surface area contributed by atoms with Gasteiger partial charge in [0.2, 0.25) is 0 Å². The van der Waals surface area contributed by atoms with Crippen molar-refractivity contribution in [1.82, 2.24) is 0 Å². The molecule has 128 valence electrons. The van der Waals surface area contributed by atoms with E-state index in [0.717, 1.165) is 0 Å². The monoisotopic (exact) mass is 331 g/mol. The summed E-state index contributed by atoms with van der Waals surface area (Å²) in [6.07, 6.45) is 1.03. The molecular formula is C16H21N5O3. The highest BCUT2D eigenvalue weighted by molar-refractivity contribution is 6.02. The van der Waals surface area contributed by atoms with Gasteiger partial charge in [-0.3, -0.25) is 9.79 Å². The van der Waals surface area contributed by atoms with Crippen LogP contribution in [-0.4, -0.2) is 24.3 Å². The van der Waals surface area contributed by atoms with Crippen LogP contribution >= 0.6 is 0 Å². The van der Waals surface area contributed by atoms with Gasteiger partial charge in [-0.1, -0.05) is 12.1 Å². The maximum atomic E-state index is 12.4. The molecule has 0 fully saturated rings. The Labute approximate surface area is 138 Å². The summed E-state index contributed by atoms with van der Waals surface area (Å²) >= 11 is 0. The minimum Gasteiger partial charge on any atom is -0.421 e. The molecule has 0 aliphatic carbocycles. The van der Waals surface area contributed by atoms with E-state index in [1.54, 1.807) is 19.1 Å². The van der Waals surface area contributed by atoms with Crippen molar-refractivity contribution in [2.45, 2.75) is 25.8 Å². The summed E-state index contributed by atoms with van der Waals surface area (Å²) in [5, 5.41) is 0.685. The Hall–Kier alpha value is -2.87. The number of carbonyl (C=O) groups is 1. The van der Waals surface area contributed by atoms with Gasteiger partial charge in [0.25, 0.3) is 0 Å². The molecule has 0 aliphatic heterocycles. The number of aliphatic imine (C=N–C) groups is 1. The molecule has 0 unspecified atom stereocenters. The van der Waals surface area contributed by atoms with Crippen LogP contribution in [-0.2, 0) is 0 Å². The molecule has 1 heterocycles. The Morgan fingerprint density at radius 1 is 1.33 bits per heavy atom. The normalized spacial score (nSPS) is 12.1. The molecule has 1 atom stereocenters. The van der Waals surface area contributed by atoms with E-state index in [1.807, 2.05) is 0 Å². The van der Waals surface area contributed by atoms with Crippen LogP contribution in [0, 0.1) is 6.92 Å². The minimum atomic E-state index is -0.682. The summed E-state index contributed by atoms with van der Waals surface area (Å²) in [7, 11) is 0. The summed E-state index contributed by atoms with van der Waals surface area (Å²) in [6, 6.07) is 4.18. The van der Waals surface area contributed by atoms with Gasteiger partial charge >= 0.3 is 5.63 Å². The lowest BCUT2D eigenvalue weighted by atomic mass is 9.99. The largest absolute Gasteiger partial charge is 0.421 e. The van der Waals surface area contributed by atoms with E-state index in [0.29, 0.717) is 41.5 Å². The number of nitrogen functional groups attached to an aromatic ring is 1. The van der Waals surface area contributed by atoms with Crippen molar-refractivity contribution >= 4 is 28.4 Å². The Morgan fingerprint density at radius 2 is 2.04 bits per heavy atom. The average Bonchev–Trinajstić information content (AvgIpc) is 2.55. The fourth-order valence-corrected chi connectivity index (χ4v) is 2.39. The van der Waals surface area contributed by atoms with Crippen LogP contribution in [0.2, 0.25) is 0 Å². The summed E-state index contributed by atoms with van der Waals surface area (Å²) in [6.45, 7) is 2.14. The summed E-state index contributed by atoms with van der Waals surface area (Å²) in [4.78, 5) is 27.9. The maximum Gasteiger partial charge on any atom is 0.359 e. The topological polar surface area (TPSA) is 164 Å². The van der Waals surface area contributed by atoms with Crippen molar-refractivity contribution in [3.63, 3.8) is 0 Å². The highest BCUT2D eigenvalue weighted by atomic mass is 16.4. The average molecular weight is 331 g/mol. The molecule has 24 heavy (non-hydrogen) atoms. The quantitative estimate of drug-likeness (QED) is 0.194. The van der Waals surface area contributed by atoms with Crippen molar-refractivity contribution in [2.75, 3.05) is 12.3 Å². The number of hydrogen-bond donors (Lipinski definition) is 4. The van der Waals surface area contributed by atoms with E-state index in [1.165, 1.54) is 6.07 Å². The molecular weight excluding hydrogens is 310 g/mol. The van der Waals surface area contributed by atoms with Crippen molar-refractivity contribution < 1.29 is 9.21 Å². The number of ketones is 1. The van der Waals surface area contributed by atoms with Crippen LogP contribution in [0.5, 0.6) is 0 Å². The van der Waals surface area contributed by atoms with Crippen molar-refractivity contribution in [2.24, 2.45) is 22.2 Å². The third-order valence-corrected chi connectivity index (χ3v) is 3.80. The smallest absolute Gasteiger partial charge is 0.359 e. The third kappa shape index (κ3) is 3.72.